The van der Waals surface area contributed by atoms with Gasteiger partial charge in [-0.15, -0.1) is 24.0 Å². The van der Waals surface area contributed by atoms with Gasteiger partial charge in [0.15, 0.2) is 5.96 Å². The highest BCUT2D eigenvalue weighted by Crippen LogP contribution is 2.26. The molecule has 24 heavy (non-hydrogen) atoms. The Balaban J connectivity index is 0.00000529. The third-order valence-corrected chi connectivity index (χ3v) is 4.22. The normalized spacial score (nSPS) is 14.2. The number of aliphatic hydroxyl groups is 1. The lowest BCUT2D eigenvalue weighted by molar-refractivity contribution is 0.245. The average Bonchev–Trinajstić information content (AvgIpc) is 2.44. The van der Waals surface area contributed by atoms with E-state index in [4.69, 9.17) is 34.0 Å². The molecule has 0 heterocycles. The molecule has 0 aliphatic carbocycles. The van der Waals surface area contributed by atoms with Gasteiger partial charge in [0.2, 0.25) is 0 Å². The molecule has 0 saturated heterocycles. The monoisotopic (exact) mass is 487 g/mol. The van der Waals surface area contributed by atoms with Crippen molar-refractivity contribution in [2.45, 2.75) is 39.7 Å². The summed E-state index contributed by atoms with van der Waals surface area (Å²) in [6.07, 6.45) is 1.77. The fourth-order valence-corrected chi connectivity index (χ4v) is 3.13. The van der Waals surface area contributed by atoms with Gasteiger partial charge in [-0.05, 0) is 49.3 Å². The average molecular weight is 488 g/mol. The highest BCUT2D eigenvalue weighted by molar-refractivity contribution is 14.0. The van der Waals surface area contributed by atoms with Gasteiger partial charge in [0.05, 0.1) is 6.04 Å². The van der Waals surface area contributed by atoms with E-state index >= 15 is 0 Å². The zero-order valence-electron chi connectivity index (χ0n) is 14.4. The van der Waals surface area contributed by atoms with E-state index in [0.717, 1.165) is 18.4 Å². The Labute approximate surface area is 172 Å². The van der Waals surface area contributed by atoms with E-state index in [9.17, 15) is 0 Å². The standard InChI is InChI=1S/C17H27Cl2N3O.HI/c1-11(2)8-13(6-7-23)10-21-17(20)22-12(3)15-5-4-14(18)9-16(15)19;/h4-5,9,11-13,23H,6-8,10H2,1-3H3,(H3,20,21,22);1H. The van der Waals surface area contributed by atoms with E-state index < -0.39 is 0 Å². The van der Waals surface area contributed by atoms with Crippen LogP contribution in [0.1, 0.15) is 45.2 Å². The fourth-order valence-electron chi connectivity index (χ4n) is 2.56. The molecular weight excluding hydrogens is 460 g/mol. The van der Waals surface area contributed by atoms with E-state index in [-0.39, 0.29) is 36.6 Å². The summed E-state index contributed by atoms with van der Waals surface area (Å²) in [7, 11) is 0. The van der Waals surface area contributed by atoms with Crippen LogP contribution in [0.2, 0.25) is 10.0 Å². The molecule has 0 spiro atoms. The van der Waals surface area contributed by atoms with E-state index in [1.54, 1.807) is 12.1 Å². The van der Waals surface area contributed by atoms with E-state index in [1.165, 1.54) is 0 Å². The molecule has 0 aliphatic heterocycles. The number of nitrogens with two attached hydrogens (primary N) is 1. The molecule has 2 atom stereocenters. The first-order chi connectivity index (χ1) is 10.8. The number of nitrogens with one attached hydrogen (secondary N) is 1. The number of aliphatic imine (C=N–C) groups is 1. The first-order valence-corrected chi connectivity index (χ1v) is 8.71. The van der Waals surface area contributed by atoms with E-state index in [1.807, 2.05) is 13.0 Å². The summed E-state index contributed by atoms with van der Waals surface area (Å²) in [5.41, 5.74) is 6.89. The Morgan fingerprint density at radius 2 is 1.96 bits per heavy atom. The van der Waals surface area contributed by atoms with Crippen LogP contribution >= 0.6 is 47.2 Å². The van der Waals surface area contributed by atoms with Crippen molar-refractivity contribution < 1.29 is 5.11 Å². The second-order valence-electron chi connectivity index (χ2n) is 6.27. The number of halogens is 3. The topological polar surface area (TPSA) is 70.6 Å². The fraction of sp³-hybridized carbons (Fsp3) is 0.588. The van der Waals surface area contributed by atoms with Crippen LogP contribution in [0.15, 0.2) is 23.2 Å². The molecule has 1 aromatic carbocycles. The van der Waals surface area contributed by atoms with Gasteiger partial charge < -0.3 is 16.2 Å². The molecule has 0 radical (unpaired) electrons. The highest BCUT2D eigenvalue weighted by atomic mass is 127. The lowest BCUT2D eigenvalue weighted by Gasteiger charge is -2.18. The minimum atomic E-state index is -0.0649. The number of hydrogen-bond acceptors (Lipinski definition) is 2. The molecule has 0 saturated carbocycles. The second kappa shape index (κ2) is 12.2. The SMILES string of the molecule is CC(C)CC(CCO)CN=C(N)NC(C)c1ccc(Cl)cc1Cl.I. The van der Waals surface area contributed by atoms with Crippen molar-refractivity contribution in [1.29, 1.82) is 0 Å². The molecule has 0 amide bonds. The van der Waals surface area contributed by atoms with E-state index in [2.05, 4.69) is 24.2 Å². The van der Waals surface area contributed by atoms with Crippen molar-refractivity contribution in [1.82, 2.24) is 5.32 Å². The zero-order chi connectivity index (χ0) is 17.4. The van der Waals surface area contributed by atoms with Gasteiger partial charge in [-0.1, -0.05) is 43.1 Å². The van der Waals surface area contributed by atoms with Gasteiger partial charge >= 0.3 is 0 Å². The summed E-state index contributed by atoms with van der Waals surface area (Å²) >= 11 is 12.1. The molecule has 0 aliphatic rings. The Hall–Kier alpha value is -0.240. The van der Waals surface area contributed by atoms with Crippen LogP contribution in [0.5, 0.6) is 0 Å². The van der Waals surface area contributed by atoms with Crippen LogP contribution in [-0.2, 0) is 0 Å². The summed E-state index contributed by atoms with van der Waals surface area (Å²) in [6.45, 7) is 7.09. The number of guanidine groups is 1. The molecule has 0 fully saturated rings. The van der Waals surface area contributed by atoms with Crippen LogP contribution in [0.3, 0.4) is 0 Å². The Morgan fingerprint density at radius 3 is 2.50 bits per heavy atom. The first kappa shape index (κ1) is 23.8. The summed E-state index contributed by atoms with van der Waals surface area (Å²) < 4.78 is 0. The van der Waals surface area contributed by atoms with Crippen LogP contribution in [-0.4, -0.2) is 24.2 Å². The summed E-state index contributed by atoms with van der Waals surface area (Å²) in [5, 5.41) is 13.5. The molecule has 1 rings (SSSR count). The number of hydrogen-bond donors (Lipinski definition) is 3. The molecule has 4 nitrogen and oxygen atoms in total. The first-order valence-electron chi connectivity index (χ1n) is 7.95. The molecule has 0 aromatic heterocycles. The quantitative estimate of drug-likeness (QED) is 0.284. The van der Waals surface area contributed by atoms with Gasteiger partial charge in [0.1, 0.15) is 0 Å². The van der Waals surface area contributed by atoms with E-state index in [0.29, 0.717) is 34.4 Å². The van der Waals surface area contributed by atoms with Crippen molar-refractivity contribution in [3.05, 3.63) is 33.8 Å². The maximum atomic E-state index is 9.14. The number of aliphatic hydroxyl groups excluding tert-OH is 1. The van der Waals surface area contributed by atoms with Crippen molar-refractivity contribution in [2.75, 3.05) is 13.2 Å². The minimum absolute atomic E-state index is 0. The third-order valence-electron chi connectivity index (χ3n) is 3.66. The lowest BCUT2D eigenvalue weighted by atomic mass is 9.94. The van der Waals surface area contributed by atoms with Crippen LogP contribution in [0.4, 0.5) is 0 Å². The molecule has 138 valence electrons. The Kier molecular flexibility index (Phi) is 12.0. The van der Waals surface area contributed by atoms with Crippen molar-refractivity contribution >= 4 is 53.1 Å². The maximum Gasteiger partial charge on any atom is 0.189 e. The van der Waals surface area contributed by atoms with Gasteiger partial charge in [0.25, 0.3) is 0 Å². The second-order valence-corrected chi connectivity index (χ2v) is 7.11. The number of benzene rings is 1. The lowest BCUT2D eigenvalue weighted by Crippen LogP contribution is -2.34. The molecular formula is C17H28Cl2IN3O. The molecule has 1 aromatic rings. The zero-order valence-corrected chi connectivity index (χ0v) is 18.3. The van der Waals surface area contributed by atoms with Crippen LogP contribution < -0.4 is 11.1 Å². The summed E-state index contributed by atoms with van der Waals surface area (Å²) in [4.78, 5) is 4.41. The number of nitrogens with zero attached hydrogens (tertiary/aromatic N) is 1. The summed E-state index contributed by atoms with van der Waals surface area (Å²) in [5.74, 6) is 1.30. The summed E-state index contributed by atoms with van der Waals surface area (Å²) in [6, 6.07) is 5.32. The smallest absolute Gasteiger partial charge is 0.189 e. The van der Waals surface area contributed by atoms with Gasteiger partial charge in [-0.25, -0.2) is 0 Å². The predicted molar refractivity (Wildman–Crippen MR) is 115 cm³/mol. The molecule has 0 bridgehead atoms. The third kappa shape index (κ3) is 8.74. The molecule has 7 heteroatoms. The number of rotatable bonds is 8. The Morgan fingerprint density at radius 1 is 1.29 bits per heavy atom. The maximum absolute atomic E-state index is 9.14. The van der Waals surface area contributed by atoms with Gasteiger partial charge in [0, 0.05) is 23.2 Å². The largest absolute Gasteiger partial charge is 0.396 e. The van der Waals surface area contributed by atoms with Crippen molar-refractivity contribution in [3.8, 4) is 0 Å². The van der Waals surface area contributed by atoms with Gasteiger partial charge in [-0.3, -0.25) is 4.99 Å². The van der Waals surface area contributed by atoms with Crippen LogP contribution in [0, 0.1) is 11.8 Å². The minimum Gasteiger partial charge on any atom is -0.396 e. The van der Waals surface area contributed by atoms with Gasteiger partial charge in [-0.2, -0.15) is 0 Å². The predicted octanol–water partition coefficient (Wildman–Crippen LogP) is 4.62. The van der Waals surface area contributed by atoms with Crippen LogP contribution in [0.25, 0.3) is 0 Å². The van der Waals surface area contributed by atoms with Crippen molar-refractivity contribution in [2.24, 2.45) is 22.6 Å². The molecule has 4 N–H and O–H groups in total. The highest BCUT2D eigenvalue weighted by Gasteiger charge is 2.13. The van der Waals surface area contributed by atoms with Crippen molar-refractivity contribution in [3.63, 3.8) is 0 Å². The molecule has 2 unspecified atom stereocenters. The Bertz CT molecular complexity index is 527.